The Balaban J connectivity index is 0.00000480. The topological polar surface area (TPSA) is 95.1 Å². The quantitative estimate of drug-likeness (QED) is 0.277. The van der Waals surface area contributed by atoms with Gasteiger partial charge < -0.3 is 25.6 Å². The molecule has 0 aromatic rings. The zero-order valence-corrected chi connectivity index (χ0v) is 22.4. The summed E-state index contributed by atoms with van der Waals surface area (Å²) in [7, 11) is 5.43. The summed E-state index contributed by atoms with van der Waals surface area (Å²) in [6, 6.07) is 0.448. The van der Waals surface area contributed by atoms with Crippen molar-refractivity contribution in [2.45, 2.75) is 89.8 Å². The molecule has 2 saturated carbocycles. The van der Waals surface area contributed by atoms with Crippen LogP contribution in [-0.4, -0.2) is 68.2 Å². The molecule has 0 aromatic carbocycles. The lowest BCUT2D eigenvalue weighted by molar-refractivity contribution is -0.138. The number of nitrogens with zero attached hydrogens (tertiary/aromatic N) is 2. The highest BCUT2D eigenvalue weighted by Gasteiger charge is 2.42. The number of guanidine groups is 1. The van der Waals surface area contributed by atoms with Crippen molar-refractivity contribution >= 4 is 41.9 Å². The van der Waals surface area contributed by atoms with Crippen LogP contribution in [0, 0.1) is 5.41 Å². The summed E-state index contributed by atoms with van der Waals surface area (Å²) >= 11 is 0. The first kappa shape index (κ1) is 27.8. The van der Waals surface area contributed by atoms with Crippen molar-refractivity contribution in [3.63, 3.8) is 0 Å². The van der Waals surface area contributed by atoms with Crippen LogP contribution in [0.2, 0.25) is 0 Å². The fourth-order valence-corrected chi connectivity index (χ4v) is 4.49. The molecule has 0 heterocycles. The number of hydrogen-bond donors (Lipinski definition) is 3. The van der Waals surface area contributed by atoms with Gasteiger partial charge in [0.2, 0.25) is 5.91 Å². The summed E-state index contributed by atoms with van der Waals surface area (Å²) < 4.78 is 5.35. The van der Waals surface area contributed by atoms with Gasteiger partial charge >= 0.3 is 6.09 Å². The number of halogens is 1. The summed E-state index contributed by atoms with van der Waals surface area (Å²) in [6.07, 6.45) is 7.40. The van der Waals surface area contributed by atoms with Crippen LogP contribution in [0.5, 0.6) is 0 Å². The molecular weight excluding hydrogens is 509 g/mol. The van der Waals surface area contributed by atoms with Gasteiger partial charge in [-0.25, -0.2) is 4.79 Å². The maximum atomic E-state index is 12.7. The average Bonchev–Trinajstić information content (AvgIpc) is 3.14. The van der Waals surface area contributed by atoms with Crippen LogP contribution in [0.1, 0.15) is 72.1 Å². The van der Waals surface area contributed by atoms with Crippen molar-refractivity contribution in [2.75, 3.05) is 27.7 Å². The van der Waals surface area contributed by atoms with Crippen LogP contribution in [0.4, 0.5) is 4.79 Å². The molecule has 0 radical (unpaired) electrons. The average molecular weight is 552 g/mol. The molecule has 9 heteroatoms. The second-order valence-corrected chi connectivity index (χ2v) is 9.95. The lowest BCUT2D eigenvalue weighted by Crippen LogP contribution is -2.52. The van der Waals surface area contributed by atoms with Crippen molar-refractivity contribution in [1.82, 2.24) is 20.9 Å². The predicted molar refractivity (Wildman–Crippen MR) is 135 cm³/mol. The molecule has 2 fully saturated rings. The minimum Gasteiger partial charge on any atom is -0.444 e. The molecule has 0 aromatic heterocycles. The van der Waals surface area contributed by atoms with Gasteiger partial charge in [-0.1, -0.05) is 12.8 Å². The highest BCUT2D eigenvalue weighted by molar-refractivity contribution is 14.0. The standard InChI is InChI=1S/C22H41N5O3.HI/c1-21(2,3)30-20(29)26-17-11-9-16(10-12-17)25-19(23-4)24-15-22(13-7-8-14-22)18(28)27(5)6;/h16-17H,7-15H2,1-6H3,(H,26,29)(H2,23,24,25);1H. The Morgan fingerprint density at radius 2 is 1.55 bits per heavy atom. The van der Waals surface area contributed by atoms with Crippen molar-refractivity contribution < 1.29 is 14.3 Å². The van der Waals surface area contributed by atoms with E-state index in [1.807, 2.05) is 34.9 Å². The van der Waals surface area contributed by atoms with Gasteiger partial charge in [0.05, 0.1) is 5.41 Å². The van der Waals surface area contributed by atoms with Crippen molar-refractivity contribution in [3.05, 3.63) is 0 Å². The third-order valence-corrected chi connectivity index (χ3v) is 6.03. The molecule has 0 unspecified atom stereocenters. The predicted octanol–water partition coefficient (Wildman–Crippen LogP) is 3.25. The number of rotatable bonds is 5. The largest absolute Gasteiger partial charge is 0.444 e. The van der Waals surface area contributed by atoms with E-state index in [1.165, 1.54) is 0 Å². The van der Waals surface area contributed by atoms with E-state index in [1.54, 1.807) is 11.9 Å². The van der Waals surface area contributed by atoms with Gasteiger partial charge in [-0.05, 0) is 59.3 Å². The Kier molecular flexibility index (Phi) is 10.8. The maximum absolute atomic E-state index is 12.7. The van der Waals surface area contributed by atoms with Crippen LogP contribution in [0.25, 0.3) is 0 Å². The van der Waals surface area contributed by atoms with Gasteiger partial charge in [-0.2, -0.15) is 0 Å². The van der Waals surface area contributed by atoms with E-state index in [2.05, 4.69) is 20.9 Å². The Bertz CT molecular complexity index is 619. The van der Waals surface area contributed by atoms with Gasteiger partial charge in [0, 0.05) is 39.8 Å². The van der Waals surface area contributed by atoms with Gasteiger partial charge in [0.15, 0.2) is 5.96 Å². The zero-order chi connectivity index (χ0) is 22.4. The molecule has 8 nitrogen and oxygen atoms in total. The highest BCUT2D eigenvalue weighted by atomic mass is 127. The van der Waals surface area contributed by atoms with Gasteiger partial charge in [0.1, 0.15) is 5.60 Å². The van der Waals surface area contributed by atoms with E-state index in [0.29, 0.717) is 12.6 Å². The number of nitrogens with one attached hydrogen (secondary N) is 3. The van der Waals surface area contributed by atoms with E-state index in [-0.39, 0.29) is 47.4 Å². The molecule has 2 rings (SSSR count). The number of carbonyl (C=O) groups excluding carboxylic acids is 2. The second kappa shape index (κ2) is 12.1. The monoisotopic (exact) mass is 551 g/mol. The molecule has 0 aliphatic heterocycles. The molecule has 0 atom stereocenters. The van der Waals surface area contributed by atoms with Crippen molar-refractivity contribution in [2.24, 2.45) is 10.4 Å². The Morgan fingerprint density at radius 1 is 1.03 bits per heavy atom. The molecule has 3 N–H and O–H groups in total. The van der Waals surface area contributed by atoms with Gasteiger partial charge in [0.25, 0.3) is 0 Å². The SMILES string of the molecule is CN=C(NCC1(C(=O)N(C)C)CCCC1)NC1CCC(NC(=O)OC(C)(C)C)CC1.I. The molecule has 180 valence electrons. The van der Waals surface area contributed by atoms with Crippen LogP contribution in [-0.2, 0) is 9.53 Å². The number of hydrogen-bond acceptors (Lipinski definition) is 4. The van der Waals surface area contributed by atoms with E-state index in [9.17, 15) is 9.59 Å². The fraction of sp³-hybridized carbons (Fsp3) is 0.864. The number of aliphatic imine (C=N–C) groups is 1. The van der Waals surface area contributed by atoms with Gasteiger partial charge in [-0.15, -0.1) is 24.0 Å². The first-order valence-electron chi connectivity index (χ1n) is 11.2. The number of alkyl carbamates (subject to hydrolysis) is 1. The normalized spacial score (nSPS) is 23.4. The van der Waals surface area contributed by atoms with Gasteiger partial charge in [-0.3, -0.25) is 9.79 Å². The van der Waals surface area contributed by atoms with E-state index >= 15 is 0 Å². The zero-order valence-electron chi connectivity index (χ0n) is 20.0. The first-order valence-corrected chi connectivity index (χ1v) is 11.2. The van der Waals surface area contributed by atoms with E-state index in [0.717, 1.165) is 57.3 Å². The Morgan fingerprint density at radius 3 is 2.00 bits per heavy atom. The number of amides is 2. The van der Waals surface area contributed by atoms with Crippen LogP contribution in [0.15, 0.2) is 4.99 Å². The molecule has 0 saturated heterocycles. The maximum Gasteiger partial charge on any atom is 0.407 e. The second-order valence-electron chi connectivity index (χ2n) is 9.95. The fourth-order valence-electron chi connectivity index (χ4n) is 4.49. The van der Waals surface area contributed by atoms with Crippen molar-refractivity contribution in [3.8, 4) is 0 Å². The summed E-state index contributed by atoms with van der Waals surface area (Å²) in [5.41, 5.74) is -0.804. The van der Waals surface area contributed by atoms with E-state index in [4.69, 9.17) is 4.74 Å². The Labute approximate surface area is 204 Å². The molecule has 31 heavy (non-hydrogen) atoms. The molecule has 2 aliphatic carbocycles. The number of ether oxygens (including phenoxy) is 1. The summed E-state index contributed by atoms with van der Waals surface area (Å²) in [5, 5.41) is 9.88. The highest BCUT2D eigenvalue weighted by Crippen LogP contribution is 2.38. The summed E-state index contributed by atoms with van der Waals surface area (Å²) in [5.74, 6) is 0.952. The smallest absolute Gasteiger partial charge is 0.407 e. The number of carbonyl (C=O) groups is 2. The summed E-state index contributed by atoms with van der Waals surface area (Å²) in [6.45, 7) is 6.22. The first-order chi connectivity index (χ1) is 14.0. The molecular formula is C22H42IN5O3. The minimum absolute atomic E-state index is 0. The molecule has 0 bridgehead atoms. The minimum atomic E-state index is -0.481. The third-order valence-electron chi connectivity index (χ3n) is 6.03. The van der Waals surface area contributed by atoms with E-state index < -0.39 is 5.60 Å². The van der Waals surface area contributed by atoms with Crippen LogP contribution < -0.4 is 16.0 Å². The Hall–Kier alpha value is -1.26. The third kappa shape index (κ3) is 8.65. The van der Waals surface area contributed by atoms with Crippen LogP contribution in [0.3, 0.4) is 0 Å². The van der Waals surface area contributed by atoms with Crippen LogP contribution >= 0.6 is 24.0 Å². The molecule has 0 spiro atoms. The lowest BCUT2D eigenvalue weighted by atomic mass is 9.84. The summed E-state index contributed by atoms with van der Waals surface area (Å²) in [4.78, 5) is 30.8. The lowest BCUT2D eigenvalue weighted by Gasteiger charge is -2.33. The van der Waals surface area contributed by atoms with Crippen molar-refractivity contribution in [1.29, 1.82) is 0 Å². The molecule has 2 aliphatic rings. The molecule has 2 amide bonds.